The third kappa shape index (κ3) is 4.56. The van der Waals surface area contributed by atoms with Crippen LogP contribution in [0.15, 0.2) is 23.1 Å². The number of anilines is 1. The number of nitrogen functional groups attached to an aromatic ring is 1. The molecule has 3 nitrogen and oxygen atoms in total. The average Bonchev–Trinajstić information content (AvgIpc) is 2.30. The second-order valence-electron chi connectivity index (χ2n) is 4.58. The summed E-state index contributed by atoms with van der Waals surface area (Å²) >= 11 is 1.27. The molecule has 0 saturated carbocycles. The number of amides is 1. The molecular weight excluding hydrogens is 251 g/mol. The van der Waals surface area contributed by atoms with Crippen LogP contribution in [0, 0.1) is 11.7 Å². The number of carbonyl (C=O) groups excluding carboxylic acids is 1. The normalized spacial score (nSPS) is 12.5. The number of thioether (sulfide) groups is 1. The Morgan fingerprint density at radius 3 is 2.72 bits per heavy atom. The van der Waals surface area contributed by atoms with Gasteiger partial charge in [0.1, 0.15) is 5.82 Å². The summed E-state index contributed by atoms with van der Waals surface area (Å²) in [6, 6.07) is 4.17. The van der Waals surface area contributed by atoms with Gasteiger partial charge in [0.2, 0.25) is 5.91 Å². The number of nitrogens with two attached hydrogens (primary N) is 1. The zero-order chi connectivity index (χ0) is 13.7. The fourth-order valence-electron chi connectivity index (χ4n) is 1.30. The number of rotatable bonds is 5. The van der Waals surface area contributed by atoms with E-state index >= 15 is 0 Å². The third-order valence-electron chi connectivity index (χ3n) is 2.33. The number of benzene rings is 1. The van der Waals surface area contributed by atoms with Gasteiger partial charge in [-0.2, -0.15) is 0 Å². The quantitative estimate of drug-likeness (QED) is 0.639. The van der Waals surface area contributed by atoms with Gasteiger partial charge in [-0.15, -0.1) is 11.8 Å². The molecule has 1 atom stereocenters. The summed E-state index contributed by atoms with van der Waals surface area (Å²) in [6.45, 7) is 6.48. The average molecular weight is 270 g/mol. The predicted molar refractivity (Wildman–Crippen MR) is 74.0 cm³/mol. The van der Waals surface area contributed by atoms with Crippen LogP contribution in [0.25, 0.3) is 0 Å². The lowest BCUT2D eigenvalue weighted by Gasteiger charge is -2.14. The van der Waals surface area contributed by atoms with E-state index in [4.69, 9.17) is 5.73 Å². The minimum absolute atomic E-state index is 0.0580. The molecule has 1 rings (SSSR count). The van der Waals surface area contributed by atoms with E-state index in [1.54, 1.807) is 6.92 Å². The highest BCUT2D eigenvalue weighted by molar-refractivity contribution is 8.00. The van der Waals surface area contributed by atoms with E-state index in [-0.39, 0.29) is 17.0 Å². The molecular formula is C13H19FN2OS. The number of hydrogen-bond acceptors (Lipinski definition) is 3. The maximum atomic E-state index is 13.1. The van der Waals surface area contributed by atoms with Gasteiger partial charge in [0, 0.05) is 17.1 Å². The second kappa shape index (κ2) is 6.64. The standard InChI is InChI=1S/C13H19FN2OS/c1-8(2)7-16-13(17)9(3)18-12-6-10(14)4-5-11(12)15/h4-6,8-9H,7,15H2,1-3H3,(H,16,17). The fourth-order valence-corrected chi connectivity index (χ4v) is 2.26. The van der Waals surface area contributed by atoms with E-state index in [1.807, 2.05) is 13.8 Å². The molecule has 5 heteroatoms. The highest BCUT2D eigenvalue weighted by atomic mass is 32.2. The smallest absolute Gasteiger partial charge is 0.233 e. The molecule has 0 radical (unpaired) electrons. The van der Waals surface area contributed by atoms with Crippen LogP contribution in [0.2, 0.25) is 0 Å². The van der Waals surface area contributed by atoms with Gasteiger partial charge in [0.25, 0.3) is 0 Å². The van der Waals surface area contributed by atoms with Gasteiger partial charge in [-0.25, -0.2) is 4.39 Å². The van der Waals surface area contributed by atoms with Gasteiger partial charge in [-0.3, -0.25) is 4.79 Å². The Kier molecular flexibility index (Phi) is 5.47. The van der Waals surface area contributed by atoms with E-state index in [1.165, 1.54) is 30.0 Å². The molecule has 1 amide bonds. The topological polar surface area (TPSA) is 55.1 Å². The first-order valence-corrected chi connectivity index (χ1v) is 6.77. The van der Waals surface area contributed by atoms with Crippen molar-refractivity contribution in [2.45, 2.75) is 30.9 Å². The zero-order valence-corrected chi connectivity index (χ0v) is 11.7. The van der Waals surface area contributed by atoms with Crippen LogP contribution < -0.4 is 11.1 Å². The Bertz CT molecular complexity index is 423. The van der Waals surface area contributed by atoms with Crippen molar-refractivity contribution in [3.63, 3.8) is 0 Å². The van der Waals surface area contributed by atoms with Crippen LogP contribution in [-0.2, 0) is 4.79 Å². The molecule has 100 valence electrons. The molecule has 0 fully saturated rings. The number of halogens is 1. The molecule has 0 bridgehead atoms. The lowest BCUT2D eigenvalue weighted by molar-refractivity contribution is -0.120. The van der Waals surface area contributed by atoms with E-state index in [2.05, 4.69) is 5.32 Å². The van der Waals surface area contributed by atoms with Gasteiger partial charge in [-0.1, -0.05) is 13.8 Å². The van der Waals surface area contributed by atoms with Crippen molar-refractivity contribution in [3.8, 4) is 0 Å². The van der Waals surface area contributed by atoms with Crippen LogP contribution >= 0.6 is 11.8 Å². The molecule has 1 unspecified atom stereocenters. The van der Waals surface area contributed by atoms with E-state index in [0.29, 0.717) is 23.0 Å². The highest BCUT2D eigenvalue weighted by Crippen LogP contribution is 2.29. The molecule has 0 aliphatic carbocycles. The van der Waals surface area contributed by atoms with Crippen molar-refractivity contribution in [1.82, 2.24) is 5.32 Å². The van der Waals surface area contributed by atoms with Gasteiger partial charge >= 0.3 is 0 Å². The molecule has 0 heterocycles. The van der Waals surface area contributed by atoms with Gasteiger partial charge in [-0.05, 0) is 31.0 Å². The number of nitrogens with one attached hydrogen (secondary N) is 1. The summed E-state index contributed by atoms with van der Waals surface area (Å²) < 4.78 is 13.1. The summed E-state index contributed by atoms with van der Waals surface area (Å²) in [5.41, 5.74) is 6.23. The van der Waals surface area contributed by atoms with Crippen LogP contribution in [-0.4, -0.2) is 17.7 Å². The summed E-state index contributed by atoms with van der Waals surface area (Å²) in [5.74, 6) is 0.00392. The Hall–Kier alpha value is -1.23. The summed E-state index contributed by atoms with van der Waals surface area (Å²) in [5, 5.41) is 2.54. The molecule has 0 spiro atoms. The molecule has 0 saturated heterocycles. The maximum Gasteiger partial charge on any atom is 0.233 e. The van der Waals surface area contributed by atoms with Crippen molar-refractivity contribution in [2.75, 3.05) is 12.3 Å². The molecule has 0 aromatic heterocycles. The van der Waals surface area contributed by atoms with Crippen molar-refractivity contribution in [2.24, 2.45) is 5.92 Å². The molecule has 1 aromatic carbocycles. The second-order valence-corrected chi connectivity index (χ2v) is 5.96. The lowest BCUT2D eigenvalue weighted by atomic mass is 10.2. The number of hydrogen-bond donors (Lipinski definition) is 2. The summed E-state index contributed by atoms with van der Waals surface area (Å²) in [4.78, 5) is 12.4. The first-order chi connectivity index (χ1) is 8.40. The fraction of sp³-hybridized carbons (Fsp3) is 0.462. The van der Waals surface area contributed by atoms with E-state index in [9.17, 15) is 9.18 Å². The minimum Gasteiger partial charge on any atom is -0.398 e. The van der Waals surface area contributed by atoms with Crippen molar-refractivity contribution >= 4 is 23.4 Å². The minimum atomic E-state index is -0.346. The maximum absolute atomic E-state index is 13.1. The van der Waals surface area contributed by atoms with Crippen LogP contribution in [0.1, 0.15) is 20.8 Å². The summed E-state index contributed by atoms with van der Waals surface area (Å²) in [6.07, 6.45) is 0. The van der Waals surface area contributed by atoms with E-state index in [0.717, 1.165) is 0 Å². The third-order valence-corrected chi connectivity index (χ3v) is 3.51. The van der Waals surface area contributed by atoms with Crippen LogP contribution in [0.4, 0.5) is 10.1 Å². The molecule has 0 aliphatic rings. The largest absolute Gasteiger partial charge is 0.398 e. The Balaban J connectivity index is 2.60. The first kappa shape index (κ1) is 14.8. The number of carbonyl (C=O) groups is 1. The molecule has 3 N–H and O–H groups in total. The lowest BCUT2D eigenvalue weighted by Crippen LogP contribution is -2.33. The van der Waals surface area contributed by atoms with Crippen molar-refractivity contribution < 1.29 is 9.18 Å². The SMILES string of the molecule is CC(C)CNC(=O)C(C)Sc1cc(F)ccc1N. The zero-order valence-electron chi connectivity index (χ0n) is 10.9. The van der Waals surface area contributed by atoms with Crippen LogP contribution in [0.3, 0.4) is 0 Å². The Morgan fingerprint density at radius 1 is 1.44 bits per heavy atom. The predicted octanol–water partition coefficient (Wildman–Crippen LogP) is 2.66. The Labute approximate surface area is 111 Å². The van der Waals surface area contributed by atoms with Crippen molar-refractivity contribution in [3.05, 3.63) is 24.0 Å². The van der Waals surface area contributed by atoms with Gasteiger partial charge in [0.05, 0.1) is 5.25 Å². The van der Waals surface area contributed by atoms with Crippen molar-refractivity contribution in [1.29, 1.82) is 0 Å². The highest BCUT2D eigenvalue weighted by Gasteiger charge is 2.16. The molecule has 1 aromatic rings. The molecule has 18 heavy (non-hydrogen) atoms. The van der Waals surface area contributed by atoms with Gasteiger partial charge < -0.3 is 11.1 Å². The Morgan fingerprint density at radius 2 is 2.11 bits per heavy atom. The summed E-state index contributed by atoms with van der Waals surface area (Å²) in [7, 11) is 0. The molecule has 0 aliphatic heterocycles. The monoisotopic (exact) mass is 270 g/mol. The van der Waals surface area contributed by atoms with E-state index < -0.39 is 0 Å². The van der Waals surface area contributed by atoms with Gasteiger partial charge in [0.15, 0.2) is 0 Å². The first-order valence-electron chi connectivity index (χ1n) is 5.89. The van der Waals surface area contributed by atoms with Crippen LogP contribution in [0.5, 0.6) is 0 Å².